The summed E-state index contributed by atoms with van der Waals surface area (Å²) in [6.45, 7) is -0.130. The number of nitrogens with two attached hydrogens (primary N) is 1. The minimum Gasteiger partial charge on any atom is -0.480 e. The second-order valence-corrected chi connectivity index (χ2v) is 3.80. The van der Waals surface area contributed by atoms with E-state index in [0.29, 0.717) is 0 Å². The summed E-state index contributed by atoms with van der Waals surface area (Å²) in [7, 11) is 0. The molecule has 0 saturated carbocycles. The Morgan fingerprint density at radius 1 is 1.44 bits per heavy atom. The Morgan fingerprint density at radius 2 is 2.11 bits per heavy atom. The molecule has 18 heavy (non-hydrogen) atoms. The molecule has 0 aromatic heterocycles. The maximum Gasteiger partial charge on any atom is 0.404 e. The fraction of sp³-hybridized carbons (Fsp3) is 0.667. The molecular formula is C9H15N3O6. The van der Waals surface area contributed by atoms with Gasteiger partial charge in [-0.15, -0.1) is 0 Å². The monoisotopic (exact) mass is 261 g/mol. The lowest BCUT2D eigenvalue weighted by Gasteiger charge is -2.21. The van der Waals surface area contributed by atoms with Crippen LogP contribution in [0.25, 0.3) is 0 Å². The summed E-state index contributed by atoms with van der Waals surface area (Å²) < 4.78 is 4.39. The summed E-state index contributed by atoms with van der Waals surface area (Å²) in [6.07, 6.45) is -1.80. The SMILES string of the molecule is NC(=O)OCCNC(=O)N1CC(O)CC1C(=O)O. The smallest absolute Gasteiger partial charge is 0.404 e. The van der Waals surface area contributed by atoms with E-state index in [1.54, 1.807) is 0 Å². The standard InChI is InChI=1S/C9H15N3O6/c10-8(16)18-2-1-11-9(17)12-4-5(13)3-6(12)7(14)15/h5-6,13H,1-4H2,(H2,10,16)(H,11,17)(H,14,15). The second-order valence-electron chi connectivity index (χ2n) is 3.80. The first-order valence-corrected chi connectivity index (χ1v) is 5.29. The Hall–Kier alpha value is -2.03. The number of urea groups is 1. The highest BCUT2D eigenvalue weighted by atomic mass is 16.5. The molecule has 9 nitrogen and oxygen atoms in total. The highest BCUT2D eigenvalue weighted by Gasteiger charge is 2.38. The largest absolute Gasteiger partial charge is 0.480 e. The normalized spacial score (nSPS) is 22.6. The minimum atomic E-state index is -1.17. The Morgan fingerprint density at radius 3 is 2.67 bits per heavy atom. The lowest BCUT2D eigenvalue weighted by atomic mass is 10.2. The summed E-state index contributed by atoms with van der Waals surface area (Å²) >= 11 is 0. The molecule has 1 aliphatic heterocycles. The van der Waals surface area contributed by atoms with Crippen LogP contribution in [0.15, 0.2) is 0 Å². The molecule has 2 unspecified atom stereocenters. The van der Waals surface area contributed by atoms with Crippen molar-refractivity contribution in [3.05, 3.63) is 0 Å². The first kappa shape index (κ1) is 14.0. The highest BCUT2D eigenvalue weighted by Crippen LogP contribution is 2.17. The molecule has 9 heteroatoms. The topological polar surface area (TPSA) is 142 Å². The highest BCUT2D eigenvalue weighted by molar-refractivity contribution is 5.83. The number of primary amides is 1. The first-order valence-electron chi connectivity index (χ1n) is 5.29. The molecule has 0 spiro atoms. The number of amides is 3. The number of nitrogens with zero attached hydrogens (tertiary/aromatic N) is 1. The van der Waals surface area contributed by atoms with Crippen LogP contribution < -0.4 is 11.1 Å². The number of carbonyl (C=O) groups is 3. The average molecular weight is 261 g/mol. The molecule has 102 valence electrons. The van der Waals surface area contributed by atoms with Crippen molar-refractivity contribution in [1.29, 1.82) is 0 Å². The van der Waals surface area contributed by atoms with Gasteiger partial charge < -0.3 is 30.9 Å². The lowest BCUT2D eigenvalue weighted by molar-refractivity contribution is -0.141. The molecular weight excluding hydrogens is 246 g/mol. The number of ether oxygens (including phenoxy) is 1. The van der Waals surface area contributed by atoms with Gasteiger partial charge in [-0.25, -0.2) is 14.4 Å². The predicted molar refractivity (Wildman–Crippen MR) is 57.7 cm³/mol. The number of aliphatic hydroxyl groups excluding tert-OH is 1. The van der Waals surface area contributed by atoms with Gasteiger partial charge >= 0.3 is 18.1 Å². The van der Waals surface area contributed by atoms with Crippen molar-refractivity contribution >= 4 is 18.1 Å². The number of aliphatic carboxylic acids is 1. The van der Waals surface area contributed by atoms with Gasteiger partial charge in [0, 0.05) is 13.0 Å². The van der Waals surface area contributed by atoms with Crippen molar-refractivity contribution in [2.45, 2.75) is 18.6 Å². The summed E-state index contributed by atoms with van der Waals surface area (Å²) in [5.74, 6) is -1.17. The van der Waals surface area contributed by atoms with Gasteiger partial charge in [0.05, 0.1) is 12.6 Å². The molecule has 5 N–H and O–H groups in total. The Balaban J connectivity index is 2.40. The molecule has 1 saturated heterocycles. The van der Waals surface area contributed by atoms with E-state index in [2.05, 4.69) is 10.1 Å². The van der Waals surface area contributed by atoms with Gasteiger partial charge in [-0.2, -0.15) is 0 Å². The number of carboxylic acid groups (broad SMARTS) is 1. The fourth-order valence-corrected chi connectivity index (χ4v) is 1.68. The van der Waals surface area contributed by atoms with Crippen molar-refractivity contribution in [3.63, 3.8) is 0 Å². The Kier molecular flexibility index (Phi) is 4.72. The van der Waals surface area contributed by atoms with Crippen LogP contribution in [-0.4, -0.2) is 65.0 Å². The molecule has 1 heterocycles. The van der Waals surface area contributed by atoms with Crippen molar-refractivity contribution < 1.29 is 29.3 Å². The van der Waals surface area contributed by atoms with Crippen LogP contribution >= 0.6 is 0 Å². The number of β-amino-alcohol motifs (C(OH)–C–C–N with tert-alkyl or cyclic N) is 1. The molecule has 3 amide bonds. The number of rotatable bonds is 4. The fourth-order valence-electron chi connectivity index (χ4n) is 1.68. The molecule has 1 aliphatic rings. The summed E-state index contributed by atoms with van der Waals surface area (Å²) in [4.78, 5) is 33.8. The maximum absolute atomic E-state index is 11.6. The van der Waals surface area contributed by atoms with Crippen molar-refractivity contribution in [3.8, 4) is 0 Å². The predicted octanol–water partition coefficient (Wildman–Crippen LogP) is -1.69. The number of carbonyl (C=O) groups excluding carboxylic acids is 2. The molecule has 0 aromatic rings. The number of hydrogen-bond acceptors (Lipinski definition) is 5. The van der Waals surface area contributed by atoms with Crippen LogP contribution in [0.4, 0.5) is 9.59 Å². The van der Waals surface area contributed by atoms with E-state index in [4.69, 9.17) is 10.8 Å². The number of aliphatic hydroxyl groups is 1. The number of nitrogens with one attached hydrogen (secondary N) is 1. The zero-order chi connectivity index (χ0) is 13.7. The van der Waals surface area contributed by atoms with E-state index < -0.39 is 30.2 Å². The Labute approximate surface area is 102 Å². The van der Waals surface area contributed by atoms with E-state index in [9.17, 15) is 19.5 Å². The van der Waals surface area contributed by atoms with Crippen LogP contribution in [0.3, 0.4) is 0 Å². The van der Waals surface area contributed by atoms with Crippen molar-refractivity contribution in [2.75, 3.05) is 19.7 Å². The molecule has 0 radical (unpaired) electrons. The van der Waals surface area contributed by atoms with E-state index >= 15 is 0 Å². The van der Waals surface area contributed by atoms with Crippen LogP contribution in [-0.2, 0) is 9.53 Å². The number of hydrogen-bond donors (Lipinski definition) is 4. The third kappa shape index (κ3) is 3.77. The van der Waals surface area contributed by atoms with Crippen LogP contribution in [0.2, 0.25) is 0 Å². The zero-order valence-corrected chi connectivity index (χ0v) is 9.54. The van der Waals surface area contributed by atoms with Gasteiger partial charge in [0.25, 0.3) is 0 Å². The summed E-state index contributed by atoms with van der Waals surface area (Å²) in [6, 6.07) is -1.68. The third-order valence-corrected chi connectivity index (χ3v) is 2.45. The van der Waals surface area contributed by atoms with E-state index in [1.807, 2.05) is 0 Å². The molecule has 1 rings (SSSR count). The molecule has 2 atom stereocenters. The summed E-state index contributed by atoms with van der Waals surface area (Å²) in [5, 5.41) is 20.6. The molecule has 0 bridgehead atoms. The molecule has 1 fully saturated rings. The van der Waals surface area contributed by atoms with E-state index in [1.165, 1.54) is 0 Å². The van der Waals surface area contributed by atoms with E-state index in [0.717, 1.165) is 4.90 Å². The maximum atomic E-state index is 11.6. The van der Waals surface area contributed by atoms with Gasteiger partial charge in [0.15, 0.2) is 0 Å². The quantitative estimate of drug-likeness (QED) is 0.445. The van der Waals surface area contributed by atoms with Crippen LogP contribution in [0, 0.1) is 0 Å². The molecule has 0 aliphatic carbocycles. The van der Waals surface area contributed by atoms with Gasteiger partial charge in [-0.1, -0.05) is 0 Å². The van der Waals surface area contributed by atoms with Gasteiger partial charge in [-0.3, -0.25) is 0 Å². The van der Waals surface area contributed by atoms with Crippen LogP contribution in [0.1, 0.15) is 6.42 Å². The zero-order valence-electron chi connectivity index (χ0n) is 9.54. The van der Waals surface area contributed by atoms with Crippen LogP contribution in [0.5, 0.6) is 0 Å². The van der Waals surface area contributed by atoms with Gasteiger partial charge in [0.1, 0.15) is 12.6 Å². The minimum absolute atomic E-state index is 0.000535. The first-order chi connectivity index (χ1) is 8.41. The second kappa shape index (κ2) is 6.05. The van der Waals surface area contributed by atoms with Crippen molar-refractivity contribution in [1.82, 2.24) is 10.2 Å². The Bertz CT molecular complexity index is 347. The van der Waals surface area contributed by atoms with Crippen molar-refractivity contribution in [2.24, 2.45) is 5.73 Å². The molecule has 0 aromatic carbocycles. The van der Waals surface area contributed by atoms with E-state index in [-0.39, 0.29) is 26.1 Å². The number of likely N-dealkylation sites (tertiary alicyclic amines) is 1. The summed E-state index contributed by atoms with van der Waals surface area (Å²) in [5.41, 5.74) is 4.72. The van der Waals surface area contributed by atoms with Gasteiger partial charge in [-0.05, 0) is 0 Å². The lowest BCUT2D eigenvalue weighted by Crippen LogP contribution is -2.47. The average Bonchev–Trinajstić information content (AvgIpc) is 2.66. The number of carboxylic acids is 1. The third-order valence-electron chi connectivity index (χ3n) is 2.45. The van der Waals surface area contributed by atoms with Gasteiger partial charge in [0.2, 0.25) is 0 Å².